The molecule has 0 saturated carbocycles. The fourth-order valence-corrected chi connectivity index (χ4v) is 4.92. The van der Waals surface area contributed by atoms with E-state index in [-0.39, 0.29) is 30.4 Å². The van der Waals surface area contributed by atoms with Crippen LogP contribution in [-0.4, -0.2) is 73.0 Å². The van der Waals surface area contributed by atoms with Crippen LogP contribution in [0.4, 0.5) is 18.0 Å². The molecule has 2 aliphatic heterocycles. The Hall–Kier alpha value is -1.88. The molecule has 0 bridgehead atoms. The Kier molecular flexibility index (Phi) is 6.09. The van der Waals surface area contributed by atoms with E-state index in [2.05, 4.69) is 10.3 Å². The normalized spacial score (nSPS) is 21.2. The van der Waals surface area contributed by atoms with Crippen LogP contribution in [0, 0.1) is 0 Å². The lowest BCUT2D eigenvalue weighted by Gasteiger charge is -2.32. The predicted molar refractivity (Wildman–Crippen MR) is 101 cm³/mol. The average Bonchev–Trinajstić information content (AvgIpc) is 3.06. The van der Waals surface area contributed by atoms with Crippen LogP contribution < -0.4 is 5.32 Å². The Morgan fingerprint density at radius 1 is 1.34 bits per heavy atom. The van der Waals surface area contributed by atoms with Crippen molar-refractivity contribution in [3.8, 4) is 0 Å². The van der Waals surface area contributed by atoms with Crippen LogP contribution in [0.25, 0.3) is 0 Å². The zero-order valence-corrected chi connectivity index (χ0v) is 17.2. The highest BCUT2D eigenvalue weighted by atomic mass is 32.2. The van der Waals surface area contributed by atoms with E-state index in [4.69, 9.17) is 0 Å². The summed E-state index contributed by atoms with van der Waals surface area (Å²) in [5.41, 5.74) is 0.212. The predicted octanol–water partition coefficient (Wildman–Crippen LogP) is 1.68. The Morgan fingerprint density at radius 3 is 2.72 bits per heavy atom. The second-order valence-electron chi connectivity index (χ2n) is 7.87. The number of halogens is 3. The molecule has 0 aliphatic carbocycles. The van der Waals surface area contributed by atoms with Gasteiger partial charge in [0.15, 0.2) is 0 Å². The van der Waals surface area contributed by atoms with E-state index in [9.17, 15) is 26.4 Å². The van der Waals surface area contributed by atoms with Gasteiger partial charge in [-0.2, -0.15) is 13.2 Å². The van der Waals surface area contributed by atoms with Crippen molar-refractivity contribution in [1.29, 1.82) is 0 Å². The molecule has 1 N–H and O–H groups in total. The maximum absolute atomic E-state index is 12.9. The molecular formula is C18H25F3N4O3S. The fourth-order valence-electron chi connectivity index (χ4n) is 3.92. The number of amides is 2. The minimum Gasteiger partial charge on any atom is -0.323 e. The van der Waals surface area contributed by atoms with E-state index in [0.717, 1.165) is 12.3 Å². The molecule has 162 valence electrons. The molecule has 0 radical (unpaired) electrons. The number of urea groups is 1. The van der Waals surface area contributed by atoms with Gasteiger partial charge in [0.05, 0.1) is 11.3 Å². The Balaban J connectivity index is 1.59. The number of pyridine rings is 1. The first kappa shape index (κ1) is 21.8. The summed E-state index contributed by atoms with van der Waals surface area (Å²) in [6.45, 7) is 3.26. The lowest BCUT2D eigenvalue weighted by molar-refractivity contribution is -0.137. The molecule has 2 atom stereocenters. The van der Waals surface area contributed by atoms with E-state index >= 15 is 0 Å². The van der Waals surface area contributed by atoms with Crippen LogP contribution in [-0.2, 0) is 29.0 Å². The lowest BCUT2D eigenvalue weighted by Crippen LogP contribution is -2.47. The number of carbonyl (C=O) groups is 1. The molecule has 3 heterocycles. The van der Waals surface area contributed by atoms with Gasteiger partial charge in [0.25, 0.3) is 0 Å². The summed E-state index contributed by atoms with van der Waals surface area (Å²) in [6.07, 6.45) is -1.33. The molecule has 1 fully saturated rings. The van der Waals surface area contributed by atoms with Crippen molar-refractivity contribution < 1.29 is 26.4 Å². The Morgan fingerprint density at radius 2 is 2.07 bits per heavy atom. The lowest BCUT2D eigenvalue weighted by atomic mass is 10.0. The molecule has 1 saturated heterocycles. The first-order chi connectivity index (χ1) is 13.4. The van der Waals surface area contributed by atoms with Gasteiger partial charge in [-0.1, -0.05) is 0 Å². The van der Waals surface area contributed by atoms with Gasteiger partial charge in [-0.3, -0.25) is 4.98 Å². The quantitative estimate of drug-likeness (QED) is 0.780. The maximum atomic E-state index is 12.9. The van der Waals surface area contributed by atoms with Crippen LogP contribution in [0.3, 0.4) is 0 Å². The standard InChI is InChI=1S/C18H25F3N4O3S/c1-12(11-29(2,27)28)23-15-3-5-25(10-15)17(26)24-6-4-16-13(9-24)7-14(8-22-16)18(19,20)21/h7-8,12,15,23H,3-6,9-11H2,1-2H3. The molecule has 7 nitrogen and oxygen atoms in total. The topological polar surface area (TPSA) is 82.6 Å². The van der Waals surface area contributed by atoms with Crippen molar-refractivity contribution in [1.82, 2.24) is 20.1 Å². The molecule has 0 aromatic carbocycles. The van der Waals surface area contributed by atoms with Crippen LogP contribution in [0.2, 0.25) is 0 Å². The molecule has 3 rings (SSSR count). The number of hydrogen-bond acceptors (Lipinski definition) is 5. The van der Waals surface area contributed by atoms with Gasteiger partial charge in [0, 0.05) is 62.8 Å². The zero-order valence-electron chi connectivity index (χ0n) is 16.4. The highest BCUT2D eigenvalue weighted by molar-refractivity contribution is 7.90. The van der Waals surface area contributed by atoms with Crippen LogP contribution in [0.1, 0.15) is 30.2 Å². The van der Waals surface area contributed by atoms with Crippen LogP contribution >= 0.6 is 0 Å². The maximum Gasteiger partial charge on any atom is 0.417 e. The molecule has 11 heteroatoms. The second-order valence-corrected chi connectivity index (χ2v) is 10.1. The first-order valence-corrected chi connectivity index (χ1v) is 11.5. The molecular weight excluding hydrogens is 409 g/mol. The molecule has 1 aromatic heterocycles. The number of likely N-dealkylation sites (tertiary alicyclic amines) is 1. The molecule has 0 spiro atoms. The molecule has 1 aromatic rings. The number of rotatable bonds is 4. The molecule has 2 aliphatic rings. The number of alkyl halides is 3. The SMILES string of the molecule is CC(CS(C)(=O)=O)NC1CCN(C(=O)N2CCc3ncc(C(F)(F)F)cc3C2)C1. The summed E-state index contributed by atoms with van der Waals surface area (Å²) in [6, 6.07) is 0.626. The van der Waals surface area contributed by atoms with Gasteiger partial charge in [-0.25, -0.2) is 13.2 Å². The van der Waals surface area contributed by atoms with Crippen molar-refractivity contribution in [2.45, 2.75) is 44.6 Å². The number of sulfone groups is 1. The molecule has 2 unspecified atom stereocenters. The third kappa shape index (κ3) is 5.59. The van der Waals surface area contributed by atoms with E-state index in [1.807, 2.05) is 0 Å². The van der Waals surface area contributed by atoms with Crippen molar-refractivity contribution in [3.63, 3.8) is 0 Å². The van der Waals surface area contributed by atoms with E-state index in [0.29, 0.717) is 43.7 Å². The molecule has 29 heavy (non-hydrogen) atoms. The van der Waals surface area contributed by atoms with Crippen molar-refractivity contribution in [3.05, 3.63) is 29.1 Å². The average molecular weight is 434 g/mol. The van der Waals surface area contributed by atoms with Crippen LogP contribution in [0.15, 0.2) is 12.3 Å². The highest BCUT2D eigenvalue weighted by Crippen LogP contribution is 2.31. The Labute approximate surface area is 168 Å². The van der Waals surface area contributed by atoms with Crippen molar-refractivity contribution >= 4 is 15.9 Å². The summed E-state index contributed by atoms with van der Waals surface area (Å²) in [5.74, 6) is 0.0227. The summed E-state index contributed by atoms with van der Waals surface area (Å²) >= 11 is 0. The number of aromatic nitrogens is 1. The third-order valence-electron chi connectivity index (χ3n) is 5.17. The van der Waals surface area contributed by atoms with Gasteiger partial charge in [-0.15, -0.1) is 0 Å². The van der Waals surface area contributed by atoms with Crippen molar-refractivity contribution in [2.75, 3.05) is 31.6 Å². The highest BCUT2D eigenvalue weighted by Gasteiger charge is 2.35. The van der Waals surface area contributed by atoms with Gasteiger partial charge in [-0.05, 0) is 25.0 Å². The summed E-state index contributed by atoms with van der Waals surface area (Å²) in [5, 5.41) is 3.24. The van der Waals surface area contributed by atoms with Gasteiger partial charge >= 0.3 is 12.2 Å². The fraction of sp³-hybridized carbons (Fsp3) is 0.667. The minimum atomic E-state index is -4.47. The number of nitrogens with one attached hydrogen (secondary N) is 1. The zero-order chi connectivity index (χ0) is 21.4. The molecule has 2 amide bonds. The summed E-state index contributed by atoms with van der Waals surface area (Å²) in [4.78, 5) is 20.0. The number of hydrogen-bond donors (Lipinski definition) is 1. The monoisotopic (exact) mass is 434 g/mol. The van der Waals surface area contributed by atoms with Crippen molar-refractivity contribution in [2.24, 2.45) is 0 Å². The Bertz CT molecular complexity index is 876. The van der Waals surface area contributed by atoms with Gasteiger partial charge in [0.2, 0.25) is 0 Å². The third-order valence-corrected chi connectivity index (χ3v) is 6.27. The number of carbonyl (C=O) groups excluding carboxylic acids is 1. The summed E-state index contributed by atoms with van der Waals surface area (Å²) in [7, 11) is -3.09. The largest absolute Gasteiger partial charge is 0.417 e. The van der Waals surface area contributed by atoms with E-state index in [1.54, 1.807) is 16.7 Å². The van der Waals surface area contributed by atoms with E-state index < -0.39 is 21.6 Å². The van der Waals surface area contributed by atoms with E-state index in [1.165, 1.54) is 6.26 Å². The summed E-state index contributed by atoms with van der Waals surface area (Å²) < 4.78 is 61.6. The van der Waals surface area contributed by atoms with Gasteiger partial charge < -0.3 is 15.1 Å². The van der Waals surface area contributed by atoms with Crippen LogP contribution in [0.5, 0.6) is 0 Å². The number of fused-ring (bicyclic) bond motifs is 1. The first-order valence-electron chi connectivity index (χ1n) is 9.45. The van der Waals surface area contributed by atoms with Gasteiger partial charge in [0.1, 0.15) is 9.84 Å². The minimum absolute atomic E-state index is 0.00808. The smallest absolute Gasteiger partial charge is 0.323 e. The second kappa shape index (κ2) is 8.10. The number of nitrogens with zero attached hydrogens (tertiary/aromatic N) is 3.